The highest BCUT2D eigenvalue weighted by Gasteiger charge is 2.20. The van der Waals surface area contributed by atoms with Gasteiger partial charge < -0.3 is 27.9 Å². The molecular weight excluding hydrogens is 661 g/mol. The normalized spacial score (nSPS) is 13.9. The molecule has 0 saturated carbocycles. The van der Waals surface area contributed by atoms with Crippen molar-refractivity contribution in [2.45, 2.75) is 200 Å². The molecule has 0 aromatic heterocycles. The number of carbonyl (C=O) groups is 1. The highest BCUT2D eigenvalue weighted by Crippen LogP contribution is 2.38. The molecule has 0 aliphatic heterocycles. The zero-order chi connectivity index (χ0) is 37.7. The molecule has 0 rings (SSSR count). The summed E-state index contributed by atoms with van der Waals surface area (Å²) in [6.45, 7) is 5.41. The van der Waals surface area contributed by atoms with E-state index in [1.165, 1.54) is 141 Å². The topological polar surface area (TPSA) is 94.1 Å². The Hall–Kier alpha value is -0.760. The lowest BCUT2D eigenvalue weighted by Gasteiger charge is -2.28. The molecular formula is C42H84NO7P. The fourth-order valence-electron chi connectivity index (χ4n) is 5.95. The van der Waals surface area contributed by atoms with Gasteiger partial charge in [0, 0.05) is 13.0 Å². The van der Waals surface area contributed by atoms with E-state index in [1.807, 2.05) is 21.1 Å². The van der Waals surface area contributed by atoms with Crippen molar-refractivity contribution in [2.24, 2.45) is 0 Å². The Morgan fingerprint density at radius 1 is 0.588 bits per heavy atom. The second-order valence-corrected chi connectivity index (χ2v) is 17.1. The number of ether oxygens (including phenoxy) is 2. The Balaban J connectivity index is 4.15. The summed E-state index contributed by atoms with van der Waals surface area (Å²) in [5.74, 6) is -0.335. The van der Waals surface area contributed by atoms with Crippen LogP contribution in [0.3, 0.4) is 0 Å². The van der Waals surface area contributed by atoms with E-state index in [1.54, 1.807) is 0 Å². The summed E-state index contributed by atoms with van der Waals surface area (Å²) in [6.07, 6.45) is 37.9. The maximum Gasteiger partial charge on any atom is 0.306 e. The number of allylic oxidation sites excluding steroid dienone is 2. The highest BCUT2D eigenvalue weighted by atomic mass is 31.2. The second-order valence-electron chi connectivity index (χ2n) is 15.7. The number of phosphoric ester groups is 1. The van der Waals surface area contributed by atoms with E-state index >= 15 is 0 Å². The molecule has 0 bridgehead atoms. The number of quaternary nitrogens is 1. The smallest absolute Gasteiger partial charge is 0.306 e. The van der Waals surface area contributed by atoms with Gasteiger partial charge in [-0.1, -0.05) is 161 Å². The minimum absolute atomic E-state index is 0.0285. The summed E-state index contributed by atoms with van der Waals surface area (Å²) in [4.78, 5) is 24.9. The number of unbranched alkanes of at least 4 members (excludes halogenated alkanes) is 24. The summed E-state index contributed by atoms with van der Waals surface area (Å²) >= 11 is 0. The number of hydrogen-bond donors (Lipinski definition) is 0. The fourth-order valence-corrected chi connectivity index (χ4v) is 6.68. The monoisotopic (exact) mass is 746 g/mol. The van der Waals surface area contributed by atoms with Crippen LogP contribution in [0.5, 0.6) is 0 Å². The maximum absolute atomic E-state index is 12.6. The largest absolute Gasteiger partial charge is 0.756 e. The van der Waals surface area contributed by atoms with E-state index in [0.717, 1.165) is 32.1 Å². The van der Waals surface area contributed by atoms with Gasteiger partial charge in [-0.15, -0.1) is 0 Å². The van der Waals surface area contributed by atoms with E-state index in [9.17, 15) is 14.3 Å². The molecule has 8 nitrogen and oxygen atoms in total. The number of esters is 1. The quantitative estimate of drug-likeness (QED) is 0.0203. The molecule has 0 aliphatic carbocycles. The van der Waals surface area contributed by atoms with Gasteiger partial charge in [-0.25, -0.2) is 0 Å². The lowest BCUT2D eigenvalue weighted by atomic mass is 10.1. The van der Waals surface area contributed by atoms with Crippen LogP contribution in [0.25, 0.3) is 0 Å². The zero-order valence-electron chi connectivity index (χ0n) is 34.3. The molecule has 2 atom stereocenters. The zero-order valence-corrected chi connectivity index (χ0v) is 35.2. The summed E-state index contributed by atoms with van der Waals surface area (Å²) in [6, 6.07) is 0. The molecule has 51 heavy (non-hydrogen) atoms. The average molecular weight is 746 g/mol. The first kappa shape index (κ1) is 50.2. The first-order chi connectivity index (χ1) is 24.6. The van der Waals surface area contributed by atoms with Crippen molar-refractivity contribution in [2.75, 3.05) is 54.1 Å². The van der Waals surface area contributed by atoms with Gasteiger partial charge in [-0.2, -0.15) is 0 Å². The van der Waals surface area contributed by atoms with Gasteiger partial charge >= 0.3 is 5.97 Å². The Morgan fingerprint density at radius 2 is 1.02 bits per heavy atom. The van der Waals surface area contributed by atoms with Gasteiger partial charge in [-0.3, -0.25) is 9.36 Å². The molecule has 9 heteroatoms. The van der Waals surface area contributed by atoms with Gasteiger partial charge in [0.2, 0.25) is 0 Å². The Morgan fingerprint density at radius 3 is 1.49 bits per heavy atom. The van der Waals surface area contributed by atoms with E-state index < -0.39 is 13.9 Å². The van der Waals surface area contributed by atoms with Crippen molar-refractivity contribution in [1.29, 1.82) is 0 Å². The number of rotatable bonds is 40. The number of hydrogen-bond acceptors (Lipinski definition) is 7. The van der Waals surface area contributed by atoms with E-state index in [4.69, 9.17) is 18.5 Å². The molecule has 0 aliphatic rings. The van der Waals surface area contributed by atoms with Crippen LogP contribution in [0.15, 0.2) is 12.2 Å². The number of phosphoric acid groups is 1. The standard InChI is InChI=1S/C42H84NO7P/c1-6-8-10-12-14-16-18-19-20-21-22-23-24-25-26-28-30-32-34-37-47-39-41(40-49-51(45,46)48-38-36-43(3,4)5)50-42(44)35-33-31-29-27-17-15-13-11-9-7-2/h20-21,41H,6-19,22-40H2,1-5H3/b21-20-. The SMILES string of the molecule is CCCCCCCCC/C=C\CCCCCCCCCCOCC(COP(=O)([O-])OCC[N+](C)(C)C)OC(=O)CCCCCCCCCCCC. The molecule has 0 heterocycles. The third kappa shape index (κ3) is 40.3. The first-order valence-corrected chi connectivity index (χ1v) is 22.9. The predicted octanol–water partition coefficient (Wildman–Crippen LogP) is 11.6. The van der Waals surface area contributed by atoms with Crippen molar-refractivity contribution in [1.82, 2.24) is 0 Å². The maximum atomic E-state index is 12.6. The van der Waals surface area contributed by atoms with E-state index in [-0.39, 0.29) is 25.8 Å². The van der Waals surface area contributed by atoms with Crippen LogP contribution >= 0.6 is 7.82 Å². The number of likely N-dealkylation sites (N-methyl/N-ethyl adjacent to an activating group) is 1. The van der Waals surface area contributed by atoms with E-state index in [2.05, 4.69) is 26.0 Å². The lowest BCUT2D eigenvalue weighted by Crippen LogP contribution is -2.37. The molecule has 2 unspecified atom stereocenters. The van der Waals surface area contributed by atoms with Gasteiger partial charge in [0.15, 0.2) is 0 Å². The van der Waals surface area contributed by atoms with Crippen LogP contribution in [-0.2, 0) is 27.9 Å². The van der Waals surface area contributed by atoms with Crippen LogP contribution in [0.1, 0.15) is 194 Å². The Kier molecular flexibility index (Phi) is 35.7. The summed E-state index contributed by atoms with van der Waals surface area (Å²) in [5.41, 5.74) is 0. The molecule has 0 N–H and O–H groups in total. The van der Waals surface area contributed by atoms with Gasteiger partial charge in [-0.05, 0) is 38.5 Å². The van der Waals surface area contributed by atoms with E-state index in [0.29, 0.717) is 24.1 Å². The summed E-state index contributed by atoms with van der Waals surface area (Å²) < 4.78 is 34.5. The van der Waals surface area contributed by atoms with Crippen molar-refractivity contribution in [3.05, 3.63) is 12.2 Å². The third-order valence-electron chi connectivity index (χ3n) is 9.32. The van der Waals surface area contributed by atoms with Crippen LogP contribution in [0, 0.1) is 0 Å². The van der Waals surface area contributed by atoms with Crippen molar-refractivity contribution >= 4 is 13.8 Å². The van der Waals surface area contributed by atoms with Crippen molar-refractivity contribution in [3.63, 3.8) is 0 Å². The van der Waals surface area contributed by atoms with Crippen LogP contribution in [-0.4, -0.2) is 70.7 Å². The molecule has 0 saturated heterocycles. The molecule has 0 spiro atoms. The third-order valence-corrected chi connectivity index (χ3v) is 10.3. The molecule has 0 aromatic carbocycles. The van der Waals surface area contributed by atoms with Gasteiger partial charge in [0.1, 0.15) is 19.3 Å². The van der Waals surface area contributed by atoms with Crippen LogP contribution < -0.4 is 4.89 Å². The number of nitrogens with zero attached hydrogens (tertiary/aromatic N) is 1. The van der Waals surface area contributed by atoms with Crippen LogP contribution in [0.4, 0.5) is 0 Å². The fraction of sp³-hybridized carbons (Fsp3) is 0.929. The molecule has 0 aromatic rings. The molecule has 0 radical (unpaired) electrons. The average Bonchev–Trinajstić information content (AvgIpc) is 3.08. The molecule has 304 valence electrons. The lowest BCUT2D eigenvalue weighted by molar-refractivity contribution is -0.870. The summed E-state index contributed by atoms with van der Waals surface area (Å²) in [7, 11) is 1.36. The highest BCUT2D eigenvalue weighted by molar-refractivity contribution is 7.45. The van der Waals surface area contributed by atoms with Gasteiger partial charge in [0.25, 0.3) is 7.82 Å². The molecule has 0 fully saturated rings. The second kappa shape index (κ2) is 36.2. The minimum Gasteiger partial charge on any atom is -0.756 e. The molecule has 0 amide bonds. The Bertz CT molecular complexity index is 833. The van der Waals surface area contributed by atoms with Crippen molar-refractivity contribution in [3.8, 4) is 0 Å². The van der Waals surface area contributed by atoms with Crippen LogP contribution in [0.2, 0.25) is 0 Å². The summed E-state index contributed by atoms with van der Waals surface area (Å²) in [5, 5.41) is 0. The van der Waals surface area contributed by atoms with Gasteiger partial charge in [0.05, 0.1) is 34.4 Å². The Labute approximate surface area is 316 Å². The predicted molar refractivity (Wildman–Crippen MR) is 213 cm³/mol. The number of carbonyl (C=O) groups excluding carboxylic acids is 1. The van der Waals surface area contributed by atoms with Crippen molar-refractivity contribution < 1.29 is 37.3 Å². The minimum atomic E-state index is -4.51. The first-order valence-electron chi connectivity index (χ1n) is 21.4.